The lowest BCUT2D eigenvalue weighted by Crippen LogP contribution is -2.47. The summed E-state index contributed by atoms with van der Waals surface area (Å²) >= 11 is 6.10. The summed E-state index contributed by atoms with van der Waals surface area (Å²) in [6, 6.07) is 4.40. The van der Waals surface area contributed by atoms with Gasteiger partial charge in [-0.3, -0.25) is 4.79 Å². The van der Waals surface area contributed by atoms with Crippen molar-refractivity contribution in [3.8, 4) is 0 Å². The number of carbonyl (C=O) groups is 1. The SMILES string of the molecule is CN1CCN(C(=O)c2ccc(Cl)c(S(=O)(=O)NCC3CCCO3)c2)CC1. The van der Waals surface area contributed by atoms with Crippen molar-refractivity contribution in [2.45, 2.75) is 23.8 Å². The van der Waals surface area contributed by atoms with E-state index in [1.54, 1.807) is 11.0 Å². The first-order valence-electron chi connectivity index (χ1n) is 8.75. The van der Waals surface area contributed by atoms with E-state index in [2.05, 4.69) is 9.62 Å². The number of piperazine rings is 1. The quantitative estimate of drug-likeness (QED) is 0.801. The molecule has 0 bridgehead atoms. The van der Waals surface area contributed by atoms with Gasteiger partial charge in [0, 0.05) is 44.9 Å². The lowest BCUT2D eigenvalue weighted by molar-refractivity contribution is 0.0664. The number of ether oxygens (including phenoxy) is 1. The van der Waals surface area contributed by atoms with Gasteiger partial charge in [-0.25, -0.2) is 13.1 Å². The fourth-order valence-electron chi connectivity index (χ4n) is 3.12. The molecule has 2 heterocycles. The molecule has 0 spiro atoms. The number of likely N-dealkylation sites (N-methyl/N-ethyl adjacent to an activating group) is 1. The first-order chi connectivity index (χ1) is 12.4. The molecule has 3 rings (SSSR count). The molecule has 7 nitrogen and oxygen atoms in total. The molecule has 1 atom stereocenters. The van der Waals surface area contributed by atoms with Crippen LogP contribution in [0.1, 0.15) is 23.2 Å². The van der Waals surface area contributed by atoms with E-state index in [4.69, 9.17) is 16.3 Å². The Balaban J connectivity index is 1.75. The zero-order chi connectivity index (χ0) is 18.7. The number of sulfonamides is 1. The van der Waals surface area contributed by atoms with E-state index in [0.717, 1.165) is 25.9 Å². The molecule has 2 saturated heterocycles. The van der Waals surface area contributed by atoms with Crippen LogP contribution in [0, 0.1) is 0 Å². The normalized spacial score (nSPS) is 21.9. The molecule has 1 N–H and O–H groups in total. The Bertz CT molecular complexity index is 757. The second-order valence-electron chi connectivity index (χ2n) is 6.73. The Morgan fingerprint density at radius 1 is 1.31 bits per heavy atom. The van der Waals surface area contributed by atoms with Gasteiger partial charge in [0.2, 0.25) is 10.0 Å². The van der Waals surface area contributed by atoms with E-state index in [-0.39, 0.29) is 28.5 Å². The van der Waals surface area contributed by atoms with Gasteiger partial charge in [0.15, 0.2) is 0 Å². The first-order valence-corrected chi connectivity index (χ1v) is 10.6. The van der Waals surface area contributed by atoms with Crippen LogP contribution >= 0.6 is 11.6 Å². The zero-order valence-corrected chi connectivity index (χ0v) is 16.4. The highest BCUT2D eigenvalue weighted by atomic mass is 35.5. The maximum absolute atomic E-state index is 12.7. The lowest BCUT2D eigenvalue weighted by atomic mass is 10.2. The molecule has 144 valence electrons. The van der Waals surface area contributed by atoms with Crippen LogP contribution in [0.3, 0.4) is 0 Å². The molecule has 0 saturated carbocycles. The molecule has 0 radical (unpaired) electrons. The number of carbonyl (C=O) groups excluding carboxylic acids is 1. The summed E-state index contributed by atoms with van der Waals surface area (Å²) in [4.78, 5) is 16.5. The Morgan fingerprint density at radius 2 is 2.04 bits per heavy atom. The van der Waals surface area contributed by atoms with Gasteiger partial charge in [-0.15, -0.1) is 0 Å². The van der Waals surface area contributed by atoms with Crippen molar-refractivity contribution in [2.24, 2.45) is 0 Å². The summed E-state index contributed by atoms with van der Waals surface area (Å²) in [5.41, 5.74) is 0.330. The number of nitrogens with zero attached hydrogens (tertiary/aromatic N) is 2. The van der Waals surface area contributed by atoms with Crippen LogP contribution in [-0.2, 0) is 14.8 Å². The average molecular weight is 402 g/mol. The largest absolute Gasteiger partial charge is 0.377 e. The molecular weight excluding hydrogens is 378 g/mol. The van der Waals surface area contributed by atoms with Gasteiger partial charge < -0.3 is 14.5 Å². The number of amides is 1. The minimum absolute atomic E-state index is 0.0721. The molecular formula is C17H24ClN3O4S. The fourth-order valence-corrected chi connectivity index (χ4v) is 4.71. The van der Waals surface area contributed by atoms with Crippen molar-refractivity contribution < 1.29 is 17.9 Å². The van der Waals surface area contributed by atoms with Gasteiger partial charge in [0.1, 0.15) is 4.90 Å². The fraction of sp³-hybridized carbons (Fsp3) is 0.588. The smallest absolute Gasteiger partial charge is 0.253 e. The highest BCUT2D eigenvalue weighted by molar-refractivity contribution is 7.89. The van der Waals surface area contributed by atoms with E-state index in [9.17, 15) is 13.2 Å². The molecule has 9 heteroatoms. The predicted molar refractivity (Wildman–Crippen MR) is 99.0 cm³/mol. The third-order valence-corrected chi connectivity index (χ3v) is 6.69. The summed E-state index contributed by atoms with van der Waals surface area (Å²) < 4.78 is 33.2. The standard InChI is InChI=1S/C17H24ClN3O4S/c1-20-6-8-21(9-7-20)17(22)13-4-5-15(18)16(11-13)26(23,24)19-12-14-3-2-10-25-14/h4-5,11,14,19H,2-3,6-10,12H2,1H3. The van der Waals surface area contributed by atoms with Gasteiger partial charge in [-0.2, -0.15) is 0 Å². The number of hydrogen-bond acceptors (Lipinski definition) is 5. The molecule has 26 heavy (non-hydrogen) atoms. The van der Waals surface area contributed by atoms with Gasteiger partial charge in [0.05, 0.1) is 11.1 Å². The Kier molecular flexibility index (Phi) is 6.19. The van der Waals surface area contributed by atoms with Crippen molar-refractivity contribution in [2.75, 3.05) is 46.4 Å². The summed E-state index contributed by atoms with van der Waals surface area (Å²) in [6.07, 6.45) is 1.65. The van der Waals surface area contributed by atoms with Crippen LogP contribution in [0.5, 0.6) is 0 Å². The molecule has 2 aliphatic heterocycles. The topological polar surface area (TPSA) is 79.0 Å². The summed E-state index contributed by atoms with van der Waals surface area (Å²) in [5.74, 6) is -0.176. The zero-order valence-electron chi connectivity index (χ0n) is 14.8. The van der Waals surface area contributed by atoms with Gasteiger partial charge in [-0.05, 0) is 38.1 Å². The van der Waals surface area contributed by atoms with Crippen molar-refractivity contribution >= 4 is 27.5 Å². The monoisotopic (exact) mass is 401 g/mol. The van der Waals surface area contributed by atoms with Crippen molar-refractivity contribution in [1.29, 1.82) is 0 Å². The Labute approximate surface area is 159 Å². The van der Waals surface area contributed by atoms with Crippen molar-refractivity contribution in [1.82, 2.24) is 14.5 Å². The van der Waals surface area contributed by atoms with Crippen LogP contribution in [-0.4, -0.2) is 76.6 Å². The minimum atomic E-state index is -3.81. The maximum Gasteiger partial charge on any atom is 0.253 e. The van der Waals surface area contributed by atoms with Gasteiger partial charge in [0.25, 0.3) is 5.91 Å². The summed E-state index contributed by atoms with van der Waals surface area (Å²) in [7, 11) is -1.81. The first kappa shape index (κ1) is 19.6. The molecule has 0 aliphatic carbocycles. The van der Waals surface area contributed by atoms with E-state index in [0.29, 0.717) is 25.3 Å². The lowest BCUT2D eigenvalue weighted by Gasteiger charge is -2.32. The Hall–Kier alpha value is -1.19. The third kappa shape index (κ3) is 4.55. The molecule has 1 aromatic rings. The van der Waals surface area contributed by atoms with Gasteiger partial charge in [-0.1, -0.05) is 11.6 Å². The van der Waals surface area contributed by atoms with Crippen LogP contribution in [0.15, 0.2) is 23.1 Å². The maximum atomic E-state index is 12.7. The van der Waals surface area contributed by atoms with Crippen LogP contribution in [0.25, 0.3) is 0 Å². The average Bonchev–Trinajstić information content (AvgIpc) is 3.14. The number of nitrogens with one attached hydrogen (secondary N) is 1. The second kappa shape index (κ2) is 8.22. The number of rotatable bonds is 5. The number of halogens is 1. The van der Waals surface area contributed by atoms with E-state index in [1.807, 2.05) is 7.05 Å². The van der Waals surface area contributed by atoms with Gasteiger partial charge >= 0.3 is 0 Å². The molecule has 2 aliphatic rings. The van der Waals surface area contributed by atoms with Crippen LogP contribution < -0.4 is 4.72 Å². The Morgan fingerprint density at radius 3 is 2.69 bits per heavy atom. The third-order valence-electron chi connectivity index (χ3n) is 4.78. The van der Waals surface area contributed by atoms with Crippen molar-refractivity contribution in [3.05, 3.63) is 28.8 Å². The molecule has 2 fully saturated rings. The molecule has 1 amide bonds. The molecule has 0 aromatic heterocycles. The van der Waals surface area contributed by atoms with Crippen LogP contribution in [0.4, 0.5) is 0 Å². The molecule has 1 unspecified atom stereocenters. The number of benzene rings is 1. The summed E-state index contributed by atoms with van der Waals surface area (Å²) in [6.45, 7) is 3.70. The molecule has 1 aromatic carbocycles. The van der Waals surface area contributed by atoms with E-state index in [1.165, 1.54) is 12.1 Å². The second-order valence-corrected chi connectivity index (χ2v) is 8.87. The van der Waals surface area contributed by atoms with Crippen molar-refractivity contribution in [3.63, 3.8) is 0 Å². The van der Waals surface area contributed by atoms with Crippen LogP contribution in [0.2, 0.25) is 5.02 Å². The summed E-state index contributed by atoms with van der Waals surface area (Å²) in [5, 5.41) is 0.0970. The highest BCUT2D eigenvalue weighted by Gasteiger charge is 2.25. The predicted octanol–water partition coefficient (Wildman–Crippen LogP) is 1.18. The minimum Gasteiger partial charge on any atom is -0.377 e. The highest BCUT2D eigenvalue weighted by Crippen LogP contribution is 2.24. The van der Waals surface area contributed by atoms with E-state index < -0.39 is 10.0 Å². The van der Waals surface area contributed by atoms with E-state index >= 15 is 0 Å². The number of hydrogen-bond donors (Lipinski definition) is 1.